The highest BCUT2D eigenvalue weighted by atomic mass is 32.1. The van der Waals surface area contributed by atoms with E-state index >= 15 is 0 Å². The van der Waals surface area contributed by atoms with Crippen LogP contribution in [0.3, 0.4) is 0 Å². The number of hydrogen-bond acceptors (Lipinski definition) is 2. The first-order valence-electron chi connectivity index (χ1n) is 6.39. The molecule has 20 heavy (non-hydrogen) atoms. The summed E-state index contributed by atoms with van der Waals surface area (Å²) in [5.41, 5.74) is 10.3. The number of fused-ring (bicyclic) bond motifs is 1. The van der Waals surface area contributed by atoms with E-state index in [4.69, 9.17) is 5.73 Å². The molecule has 0 fully saturated rings. The first-order valence-corrected chi connectivity index (χ1v) is 6.39. The van der Waals surface area contributed by atoms with Gasteiger partial charge in [0.2, 0.25) is 0 Å². The van der Waals surface area contributed by atoms with Gasteiger partial charge in [0, 0.05) is 6.42 Å². The van der Waals surface area contributed by atoms with Crippen LogP contribution in [0.25, 0.3) is 5.57 Å². The highest BCUT2D eigenvalue weighted by Gasteiger charge is 2.21. The highest BCUT2D eigenvalue weighted by Crippen LogP contribution is 2.29. The number of benzene rings is 2. The van der Waals surface area contributed by atoms with Crippen LogP contribution in [0.5, 0.6) is 0 Å². The second kappa shape index (κ2) is 6.07. The van der Waals surface area contributed by atoms with Crippen molar-refractivity contribution >= 4 is 24.9 Å². The molecule has 1 atom stereocenters. The summed E-state index contributed by atoms with van der Waals surface area (Å²) in [5.74, 6) is 0.0679. The lowest BCUT2D eigenvalue weighted by atomic mass is 9.94. The summed E-state index contributed by atoms with van der Waals surface area (Å²) in [6, 6.07) is 17.6. The maximum absolute atomic E-state index is 12.0. The van der Waals surface area contributed by atoms with Gasteiger partial charge in [0.15, 0.2) is 5.78 Å². The molecule has 0 unspecified atom stereocenters. The van der Waals surface area contributed by atoms with E-state index < -0.39 is 6.04 Å². The number of carbonyl (C=O) groups is 1. The van der Waals surface area contributed by atoms with Gasteiger partial charge in [-0.05, 0) is 22.3 Å². The van der Waals surface area contributed by atoms with Crippen LogP contribution in [-0.4, -0.2) is 11.8 Å². The molecule has 102 valence electrons. The average molecular weight is 283 g/mol. The molecule has 3 rings (SSSR count). The second-order valence-corrected chi connectivity index (χ2v) is 4.77. The number of rotatable bonds is 1. The smallest absolute Gasteiger partial charge is 0.157 e. The van der Waals surface area contributed by atoms with Gasteiger partial charge in [-0.3, -0.25) is 4.79 Å². The van der Waals surface area contributed by atoms with Gasteiger partial charge < -0.3 is 5.73 Å². The van der Waals surface area contributed by atoms with Gasteiger partial charge in [0.25, 0.3) is 0 Å². The lowest BCUT2D eigenvalue weighted by Crippen LogP contribution is -2.28. The minimum absolute atomic E-state index is 0. The zero-order chi connectivity index (χ0) is 13.2. The Morgan fingerprint density at radius 2 is 1.60 bits per heavy atom. The number of nitrogens with two attached hydrogens (primary N) is 1. The molecule has 2 aromatic rings. The summed E-state index contributed by atoms with van der Waals surface area (Å²) in [7, 11) is 0. The number of carbonyl (C=O) groups excluding carboxylic acids is 1. The third kappa shape index (κ3) is 2.69. The Hall–Kier alpha value is -1.84. The van der Waals surface area contributed by atoms with Crippen LogP contribution in [0.4, 0.5) is 0 Å². The monoisotopic (exact) mass is 283 g/mol. The molecule has 1 aliphatic carbocycles. The summed E-state index contributed by atoms with van der Waals surface area (Å²) in [5, 5.41) is 0. The molecule has 0 heterocycles. The Bertz CT molecular complexity index is 649. The van der Waals surface area contributed by atoms with Gasteiger partial charge >= 0.3 is 0 Å². The number of ketones is 1. The maximum atomic E-state index is 12.0. The molecule has 0 aliphatic heterocycles. The van der Waals surface area contributed by atoms with E-state index in [0.29, 0.717) is 6.42 Å². The topological polar surface area (TPSA) is 43.1 Å². The number of hydrogen-bond donors (Lipinski definition) is 1. The fourth-order valence-electron chi connectivity index (χ4n) is 2.47. The Morgan fingerprint density at radius 3 is 2.35 bits per heavy atom. The SMILES string of the molecule is N[C@H]1C=C(c2ccccc2)c2ccccc2CC1=O.S. The minimum atomic E-state index is -0.525. The van der Waals surface area contributed by atoms with Crippen LogP contribution in [0.1, 0.15) is 16.7 Å². The first kappa shape index (κ1) is 14.6. The predicted octanol–water partition coefficient (Wildman–Crippen LogP) is 2.68. The zero-order valence-electron chi connectivity index (χ0n) is 11.0. The maximum Gasteiger partial charge on any atom is 0.157 e. The van der Waals surface area contributed by atoms with Gasteiger partial charge in [-0.1, -0.05) is 60.7 Å². The molecule has 0 spiro atoms. The quantitative estimate of drug-likeness (QED) is 0.874. The molecule has 0 saturated heterocycles. The highest BCUT2D eigenvalue weighted by molar-refractivity contribution is 7.59. The van der Waals surface area contributed by atoms with Crippen LogP contribution in [-0.2, 0) is 11.2 Å². The van der Waals surface area contributed by atoms with Crippen molar-refractivity contribution in [2.75, 3.05) is 0 Å². The molecule has 0 amide bonds. The fraction of sp³-hybridized carbons (Fsp3) is 0.118. The van der Waals surface area contributed by atoms with Crippen molar-refractivity contribution in [1.82, 2.24) is 0 Å². The molecule has 1 aliphatic rings. The van der Waals surface area contributed by atoms with Gasteiger partial charge in [0.05, 0.1) is 6.04 Å². The van der Waals surface area contributed by atoms with Crippen LogP contribution in [0, 0.1) is 0 Å². The van der Waals surface area contributed by atoms with Crippen molar-refractivity contribution in [3.8, 4) is 0 Å². The van der Waals surface area contributed by atoms with Gasteiger partial charge in [-0.15, -0.1) is 0 Å². The molecule has 0 radical (unpaired) electrons. The summed E-state index contributed by atoms with van der Waals surface area (Å²) in [6.45, 7) is 0. The van der Waals surface area contributed by atoms with Crippen molar-refractivity contribution in [1.29, 1.82) is 0 Å². The molecule has 2 N–H and O–H groups in total. The van der Waals surface area contributed by atoms with Gasteiger partial charge in [0.1, 0.15) is 0 Å². The number of Topliss-reactive ketones (excluding diaryl/α,β-unsaturated/α-hetero) is 1. The molecule has 0 aromatic heterocycles. The first-order chi connectivity index (χ1) is 9.25. The molecule has 2 nitrogen and oxygen atoms in total. The Balaban J connectivity index is 0.00000147. The van der Waals surface area contributed by atoms with Crippen LogP contribution >= 0.6 is 13.5 Å². The predicted molar refractivity (Wildman–Crippen MR) is 87.0 cm³/mol. The molecule has 3 heteroatoms. The summed E-state index contributed by atoms with van der Waals surface area (Å²) >= 11 is 0. The summed E-state index contributed by atoms with van der Waals surface area (Å²) in [4.78, 5) is 12.0. The van der Waals surface area contributed by atoms with Crippen LogP contribution in [0.2, 0.25) is 0 Å². The Kier molecular flexibility index (Phi) is 4.42. The zero-order valence-corrected chi connectivity index (χ0v) is 12.0. The van der Waals surface area contributed by atoms with E-state index in [1.807, 2.05) is 54.6 Å². The standard InChI is InChI=1S/C17H15NO.H2S/c18-16-11-15(12-6-2-1-3-7-12)14-9-5-4-8-13(14)10-17(16)19;/h1-9,11,16H,10,18H2;1H2/t16-;/m0./s1. The van der Waals surface area contributed by atoms with E-state index in [1.54, 1.807) is 0 Å². The second-order valence-electron chi connectivity index (χ2n) is 4.77. The average Bonchev–Trinajstić information content (AvgIpc) is 2.58. The van der Waals surface area contributed by atoms with E-state index in [1.165, 1.54) is 0 Å². The third-order valence-electron chi connectivity index (χ3n) is 3.48. The van der Waals surface area contributed by atoms with Crippen molar-refractivity contribution in [2.24, 2.45) is 5.73 Å². The van der Waals surface area contributed by atoms with E-state index in [-0.39, 0.29) is 19.3 Å². The lowest BCUT2D eigenvalue weighted by molar-refractivity contribution is -0.118. The molecular formula is C17H17NOS. The summed E-state index contributed by atoms with van der Waals surface area (Å²) < 4.78 is 0. The molecular weight excluding hydrogens is 266 g/mol. The van der Waals surface area contributed by atoms with Crippen molar-refractivity contribution in [3.63, 3.8) is 0 Å². The van der Waals surface area contributed by atoms with Crippen LogP contribution in [0.15, 0.2) is 60.7 Å². The third-order valence-corrected chi connectivity index (χ3v) is 3.48. The molecule has 2 aromatic carbocycles. The van der Waals surface area contributed by atoms with Crippen molar-refractivity contribution in [3.05, 3.63) is 77.4 Å². The summed E-state index contributed by atoms with van der Waals surface area (Å²) in [6.07, 6.45) is 2.29. The normalized spacial score (nSPS) is 17.6. The van der Waals surface area contributed by atoms with E-state index in [0.717, 1.165) is 22.3 Å². The Labute approximate surface area is 125 Å². The fourth-order valence-corrected chi connectivity index (χ4v) is 2.47. The van der Waals surface area contributed by atoms with Gasteiger partial charge in [-0.25, -0.2) is 0 Å². The van der Waals surface area contributed by atoms with E-state index in [9.17, 15) is 4.79 Å². The molecule has 0 bridgehead atoms. The Morgan fingerprint density at radius 1 is 0.950 bits per heavy atom. The van der Waals surface area contributed by atoms with Crippen LogP contribution < -0.4 is 5.73 Å². The minimum Gasteiger partial charge on any atom is -0.318 e. The van der Waals surface area contributed by atoms with Crippen molar-refractivity contribution < 1.29 is 4.79 Å². The van der Waals surface area contributed by atoms with Gasteiger partial charge in [-0.2, -0.15) is 13.5 Å². The van der Waals surface area contributed by atoms with E-state index in [2.05, 4.69) is 6.07 Å². The largest absolute Gasteiger partial charge is 0.318 e. The molecule has 0 saturated carbocycles. The lowest BCUT2D eigenvalue weighted by Gasteiger charge is -2.10. The van der Waals surface area contributed by atoms with Crippen molar-refractivity contribution in [2.45, 2.75) is 12.5 Å².